The maximum absolute atomic E-state index is 12.6. The summed E-state index contributed by atoms with van der Waals surface area (Å²) in [6.07, 6.45) is 6.99. The zero-order chi connectivity index (χ0) is 14.4. The molecule has 1 saturated heterocycles. The molecular weight excluding hydrogens is 250 g/mol. The van der Waals surface area contributed by atoms with E-state index in [1.807, 2.05) is 0 Å². The Bertz CT molecular complexity index is 308. The van der Waals surface area contributed by atoms with E-state index >= 15 is 0 Å². The van der Waals surface area contributed by atoms with Crippen molar-refractivity contribution >= 4 is 5.91 Å². The number of amides is 1. The van der Waals surface area contributed by atoms with E-state index in [0.717, 1.165) is 58.5 Å². The van der Waals surface area contributed by atoms with Crippen molar-refractivity contribution < 1.29 is 4.79 Å². The molecule has 1 aliphatic heterocycles. The maximum Gasteiger partial charge on any atom is 0.225 e. The van der Waals surface area contributed by atoms with Gasteiger partial charge >= 0.3 is 0 Å². The fourth-order valence-electron chi connectivity index (χ4n) is 3.64. The van der Waals surface area contributed by atoms with E-state index in [2.05, 4.69) is 16.7 Å². The van der Waals surface area contributed by atoms with Crippen LogP contribution >= 0.6 is 0 Å². The lowest BCUT2D eigenvalue weighted by molar-refractivity contribution is -0.136. The van der Waals surface area contributed by atoms with Crippen molar-refractivity contribution in [2.24, 2.45) is 17.6 Å². The van der Waals surface area contributed by atoms with Gasteiger partial charge in [-0.05, 0) is 57.7 Å². The SMILES string of the molecule is CC1CCCC1C(=O)N1CCCN(CCCCN)CC1. The van der Waals surface area contributed by atoms with Crippen molar-refractivity contribution in [3.63, 3.8) is 0 Å². The Morgan fingerprint density at radius 1 is 1.10 bits per heavy atom. The predicted molar refractivity (Wildman–Crippen MR) is 82.4 cm³/mol. The molecular formula is C16H31N3O. The molecule has 1 amide bonds. The van der Waals surface area contributed by atoms with Gasteiger partial charge in [-0.25, -0.2) is 0 Å². The fourth-order valence-corrected chi connectivity index (χ4v) is 3.64. The van der Waals surface area contributed by atoms with Gasteiger partial charge in [-0.1, -0.05) is 13.3 Å². The highest BCUT2D eigenvalue weighted by Crippen LogP contribution is 2.32. The van der Waals surface area contributed by atoms with Gasteiger partial charge in [-0.15, -0.1) is 0 Å². The van der Waals surface area contributed by atoms with Crippen molar-refractivity contribution in [1.29, 1.82) is 0 Å². The molecule has 0 aromatic rings. The van der Waals surface area contributed by atoms with Gasteiger partial charge in [0.25, 0.3) is 0 Å². The van der Waals surface area contributed by atoms with Gasteiger partial charge in [0, 0.05) is 25.6 Å². The van der Waals surface area contributed by atoms with Crippen LogP contribution in [-0.4, -0.2) is 55.0 Å². The van der Waals surface area contributed by atoms with E-state index in [1.54, 1.807) is 0 Å². The van der Waals surface area contributed by atoms with E-state index in [-0.39, 0.29) is 0 Å². The lowest BCUT2D eigenvalue weighted by Gasteiger charge is -2.26. The highest BCUT2D eigenvalue weighted by Gasteiger charge is 2.33. The summed E-state index contributed by atoms with van der Waals surface area (Å²) in [6.45, 7) is 8.22. The number of hydrogen-bond donors (Lipinski definition) is 1. The highest BCUT2D eigenvalue weighted by atomic mass is 16.2. The number of rotatable bonds is 5. The third-order valence-corrected chi connectivity index (χ3v) is 5.01. The van der Waals surface area contributed by atoms with E-state index in [1.165, 1.54) is 19.3 Å². The number of hydrogen-bond acceptors (Lipinski definition) is 3. The lowest BCUT2D eigenvalue weighted by Crippen LogP contribution is -2.39. The summed E-state index contributed by atoms with van der Waals surface area (Å²) < 4.78 is 0. The summed E-state index contributed by atoms with van der Waals surface area (Å²) in [4.78, 5) is 17.3. The standard InChI is InChI=1S/C16H31N3O/c1-14-6-4-7-15(14)16(20)19-11-5-10-18(12-13-19)9-3-2-8-17/h14-15H,2-13,17H2,1H3. The largest absolute Gasteiger partial charge is 0.341 e. The molecule has 2 aliphatic rings. The van der Waals surface area contributed by atoms with Crippen molar-refractivity contribution in [2.75, 3.05) is 39.3 Å². The van der Waals surface area contributed by atoms with Crippen LogP contribution < -0.4 is 5.73 Å². The number of carbonyl (C=O) groups is 1. The second-order valence-electron chi connectivity index (χ2n) is 6.53. The van der Waals surface area contributed by atoms with Crippen LogP contribution in [0, 0.1) is 11.8 Å². The van der Waals surface area contributed by atoms with E-state index in [4.69, 9.17) is 5.73 Å². The highest BCUT2D eigenvalue weighted by molar-refractivity contribution is 5.79. The average Bonchev–Trinajstić information content (AvgIpc) is 2.73. The number of carbonyl (C=O) groups excluding carboxylic acids is 1. The van der Waals surface area contributed by atoms with Crippen LogP contribution in [0.25, 0.3) is 0 Å². The van der Waals surface area contributed by atoms with E-state index in [0.29, 0.717) is 17.7 Å². The van der Waals surface area contributed by atoms with Crippen molar-refractivity contribution in [2.45, 2.75) is 45.4 Å². The minimum Gasteiger partial charge on any atom is -0.341 e. The summed E-state index contributed by atoms with van der Waals surface area (Å²) in [5, 5.41) is 0. The summed E-state index contributed by atoms with van der Waals surface area (Å²) in [7, 11) is 0. The Morgan fingerprint density at radius 3 is 2.65 bits per heavy atom. The van der Waals surface area contributed by atoms with Gasteiger partial charge in [0.1, 0.15) is 0 Å². The Labute approximate surface area is 123 Å². The van der Waals surface area contributed by atoms with Crippen LogP contribution in [0.4, 0.5) is 0 Å². The summed E-state index contributed by atoms with van der Waals surface area (Å²) >= 11 is 0. The van der Waals surface area contributed by atoms with Crippen LogP contribution in [-0.2, 0) is 4.79 Å². The lowest BCUT2D eigenvalue weighted by atomic mass is 9.96. The Hall–Kier alpha value is -0.610. The second-order valence-corrected chi connectivity index (χ2v) is 6.53. The summed E-state index contributed by atoms with van der Waals surface area (Å²) in [6, 6.07) is 0. The first-order valence-electron chi connectivity index (χ1n) is 8.43. The van der Waals surface area contributed by atoms with Crippen LogP contribution in [0.3, 0.4) is 0 Å². The summed E-state index contributed by atoms with van der Waals surface area (Å²) in [5.41, 5.74) is 5.55. The molecule has 116 valence electrons. The third kappa shape index (κ3) is 4.19. The van der Waals surface area contributed by atoms with Crippen LogP contribution in [0.1, 0.15) is 45.4 Å². The molecule has 0 spiro atoms. The molecule has 2 N–H and O–H groups in total. The van der Waals surface area contributed by atoms with Gasteiger partial charge in [-0.2, -0.15) is 0 Å². The molecule has 4 heteroatoms. The minimum absolute atomic E-state index is 0.304. The van der Waals surface area contributed by atoms with Gasteiger partial charge in [0.15, 0.2) is 0 Å². The average molecular weight is 281 g/mol. The third-order valence-electron chi connectivity index (χ3n) is 5.01. The molecule has 1 heterocycles. The molecule has 0 bridgehead atoms. The molecule has 1 saturated carbocycles. The molecule has 0 aromatic carbocycles. The molecule has 4 nitrogen and oxygen atoms in total. The zero-order valence-electron chi connectivity index (χ0n) is 13.0. The molecule has 0 aromatic heterocycles. The van der Waals surface area contributed by atoms with Crippen molar-refractivity contribution in [1.82, 2.24) is 9.80 Å². The molecule has 2 rings (SSSR count). The molecule has 20 heavy (non-hydrogen) atoms. The van der Waals surface area contributed by atoms with Crippen LogP contribution in [0.15, 0.2) is 0 Å². The van der Waals surface area contributed by atoms with E-state index in [9.17, 15) is 4.79 Å². The first-order chi connectivity index (χ1) is 9.72. The topological polar surface area (TPSA) is 49.6 Å². The fraction of sp³-hybridized carbons (Fsp3) is 0.938. The molecule has 0 radical (unpaired) electrons. The minimum atomic E-state index is 0.304. The first-order valence-corrected chi connectivity index (χ1v) is 8.43. The van der Waals surface area contributed by atoms with Crippen LogP contribution in [0.5, 0.6) is 0 Å². The van der Waals surface area contributed by atoms with Crippen molar-refractivity contribution in [3.05, 3.63) is 0 Å². The van der Waals surface area contributed by atoms with Gasteiger partial charge in [0.05, 0.1) is 0 Å². The van der Waals surface area contributed by atoms with E-state index < -0.39 is 0 Å². The quantitative estimate of drug-likeness (QED) is 0.780. The van der Waals surface area contributed by atoms with Gasteiger partial charge in [0.2, 0.25) is 5.91 Å². The number of unbranched alkanes of at least 4 members (excludes halogenated alkanes) is 1. The predicted octanol–water partition coefficient (Wildman–Crippen LogP) is 1.70. The molecule has 2 fully saturated rings. The first kappa shape index (κ1) is 15.8. The number of nitrogens with zero attached hydrogens (tertiary/aromatic N) is 2. The Morgan fingerprint density at radius 2 is 1.95 bits per heavy atom. The van der Waals surface area contributed by atoms with Crippen molar-refractivity contribution in [3.8, 4) is 0 Å². The monoisotopic (exact) mass is 281 g/mol. The summed E-state index contributed by atoms with van der Waals surface area (Å²) in [5.74, 6) is 1.32. The van der Waals surface area contributed by atoms with Gasteiger partial charge in [-0.3, -0.25) is 4.79 Å². The molecule has 2 unspecified atom stereocenters. The van der Waals surface area contributed by atoms with Gasteiger partial charge < -0.3 is 15.5 Å². The Balaban J connectivity index is 1.78. The second kappa shape index (κ2) is 7.99. The normalized spacial score (nSPS) is 28.6. The smallest absolute Gasteiger partial charge is 0.225 e. The number of nitrogens with two attached hydrogens (primary N) is 1. The maximum atomic E-state index is 12.6. The Kier molecular flexibility index (Phi) is 6.30. The molecule has 2 atom stereocenters. The van der Waals surface area contributed by atoms with Crippen LogP contribution in [0.2, 0.25) is 0 Å². The zero-order valence-corrected chi connectivity index (χ0v) is 13.0. The molecule has 1 aliphatic carbocycles.